The largest absolute Gasteiger partial charge is 0.491 e. The summed E-state index contributed by atoms with van der Waals surface area (Å²) < 4.78 is 44.8. The van der Waals surface area contributed by atoms with E-state index in [2.05, 4.69) is 9.97 Å². The predicted molar refractivity (Wildman–Crippen MR) is 136 cm³/mol. The molecule has 0 aliphatic carbocycles. The molecule has 0 saturated carbocycles. The van der Waals surface area contributed by atoms with E-state index in [1.54, 1.807) is 11.8 Å². The molecule has 2 heterocycles. The number of hydrogen-bond acceptors (Lipinski definition) is 6. The minimum Gasteiger partial charge on any atom is -0.491 e. The summed E-state index contributed by atoms with van der Waals surface area (Å²) in [6.07, 6.45) is 1.77. The van der Waals surface area contributed by atoms with Crippen LogP contribution in [0.15, 0.2) is 53.4 Å². The number of fused-ring (bicyclic) bond motifs is 2. The topological polar surface area (TPSA) is 109 Å². The number of sulfone groups is 1. The summed E-state index contributed by atoms with van der Waals surface area (Å²) in [6.45, 7) is 2.47. The molecule has 1 amide bonds. The maximum Gasteiger partial charge on any atom is 0.254 e. The molecule has 1 aromatic heterocycles. The van der Waals surface area contributed by atoms with Crippen LogP contribution in [0, 0.1) is 5.82 Å². The number of hydrogen-bond donors (Lipinski definition) is 1. The second kappa shape index (κ2) is 9.44. The van der Waals surface area contributed by atoms with Gasteiger partial charge in [0.25, 0.3) is 5.91 Å². The Labute approximate surface area is 213 Å². The molecule has 1 aliphatic heterocycles. The highest BCUT2D eigenvalue weighted by Crippen LogP contribution is 2.32. The van der Waals surface area contributed by atoms with Crippen molar-refractivity contribution >= 4 is 33.1 Å². The predicted octanol–water partition coefficient (Wildman–Crippen LogP) is 4.18. The number of aldehydes is 1. The van der Waals surface area contributed by atoms with E-state index in [4.69, 9.17) is 4.74 Å². The van der Waals surface area contributed by atoms with E-state index >= 15 is 4.39 Å². The zero-order chi connectivity index (χ0) is 26.3. The van der Waals surface area contributed by atoms with Crippen LogP contribution < -0.4 is 4.74 Å². The molecule has 0 radical (unpaired) electrons. The van der Waals surface area contributed by atoms with E-state index in [0.717, 1.165) is 34.5 Å². The van der Waals surface area contributed by atoms with E-state index in [-0.39, 0.29) is 43.1 Å². The molecule has 10 heteroatoms. The van der Waals surface area contributed by atoms with Crippen LogP contribution in [0.1, 0.15) is 39.0 Å². The summed E-state index contributed by atoms with van der Waals surface area (Å²) in [5.41, 5.74) is 4.20. The first-order chi connectivity index (χ1) is 17.7. The van der Waals surface area contributed by atoms with Gasteiger partial charge in [0.1, 0.15) is 23.1 Å². The van der Waals surface area contributed by atoms with Gasteiger partial charge in [-0.1, -0.05) is 19.1 Å². The highest BCUT2D eigenvalue weighted by Gasteiger charge is 2.27. The molecule has 190 valence electrons. The fourth-order valence-electron chi connectivity index (χ4n) is 4.61. The highest BCUT2D eigenvalue weighted by molar-refractivity contribution is 7.90. The second-order valence-electron chi connectivity index (χ2n) is 8.90. The Balaban J connectivity index is 1.48. The highest BCUT2D eigenvalue weighted by atomic mass is 32.2. The average Bonchev–Trinajstić information content (AvgIpc) is 3.17. The van der Waals surface area contributed by atoms with Crippen LogP contribution in [-0.2, 0) is 22.8 Å². The SMILES string of the molecule is CCc1c(C(=O)N2CCOc3ccc(-c4ccc5nc(C=O)[nH]c5c4)cc3C2)ccc(S(C)(=O)=O)c1F. The summed E-state index contributed by atoms with van der Waals surface area (Å²) in [5.74, 6) is -0.363. The number of nitrogens with zero attached hydrogens (tertiary/aromatic N) is 2. The summed E-state index contributed by atoms with van der Waals surface area (Å²) in [4.78, 5) is 32.9. The maximum absolute atomic E-state index is 15.1. The lowest BCUT2D eigenvalue weighted by Gasteiger charge is -2.22. The maximum atomic E-state index is 15.1. The van der Waals surface area contributed by atoms with Crippen molar-refractivity contribution < 1.29 is 27.1 Å². The third-order valence-electron chi connectivity index (χ3n) is 6.46. The Bertz CT molecular complexity index is 1660. The lowest BCUT2D eigenvalue weighted by atomic mass is 10.0. The number of aromatic nitrogens is 2. The first-order valence-electron chi connectivity index (χ1n) is 11.7. The number of rotatable bonds is 5. The third kappa shape index (κ3) is 4.60. The van der Waals surface area contributed by atoms with Crippen molar-refractivity contribution in [2.75, 3.05) is 19.4 Å². The van der Waals surface area contributed by atoms with E-state index in [9.17, 15) is 18.0 Å². The number of amides is 1. The van der Waals surface area contributed by atoms with E-state index in [1.165, 1.54) is 6.07 Å². The Morgan fingerprint density at radius 3 is 2.65 bits per heavy atom. The fourth-order valence-corrected chi connectivity index (χ4v) is 5.38. The average molecular weight is 522 g/mol. The van der Waals surface area contributed by atoms with Crippen LogP contribution in [0.25, 0.3) is 22.2 Å². The molecule has 3 aromatic carbocycles. The molecule has 0 unspecified atom stereocenters. The number of benzene rings is 3. The van der Waals surface area contributed by atoms with Crippen molar-refractivity contribution in [3.05, 3.63) is 76.9 Å². The zero-order valence-corrected chi connectivity index (χ0v) is 21.1. The molecule has 37 heavy (non-hydrogen) atoms. The van der Waals surface area contributed by atoms with Gasteiger partial charge in [0.15, 0.2) is 21.9 Å². The molecule has 8 nitrogen and oxygen atoms in total. The van der Waals surface area contributed by atoms with Gasteiger partial charge in [-0.2, -0.15) is 0 Å². The molecular formula is C27H24FN3O5S. The summed E-state index contributed by atoms with van der Waals surface area (Å²) in [5, 5.41) is 0. The zero-order valence-electron chi connectivity index (χ0n) is 20.2. The standard InChI is InChI=1S/C27H24FN3O5S/c1-3-19-20(6-9-24(26(19)28)37(2,34)35)27(33)31-10-11-36-23-8-5-16(12-18(23)14-31)17-4-7-21-22(13-17)30-25(15-32)29-21/h4-9,12-13,15H,3,10-11,14H2,1-2H3,(H,29,30). The Hall–Kier alpha value is -4.05. The molecule has 1 aliphatic rings. The van der Waals surface area contributed by atoms with Gasteiger partial charge in [-0.3, -0.25) is 9.59 Å². The Morgan fingerprint density at radius 2 is 1.92 bits per heavy atom. The smallest absolute Gasteiger partial charge is 0.254 e. The number of nitrogens with one attached hydrogen (secondary N) is 1. The normalized spacial score (nSPS) is 13.6. The van der Waals surface area contributed by atoms with E-state index in [0.29, 0.717) is 17.6 Å². The van der Waals surface area contributed by atoms with Gasteiger partial charge in [-0.25, -0.2) is 17.8 Å². The summed E-state index contributed by atoms with van der Waals surface area (Å²) >= 11 is 0. The van der Waals surface area contributed by atoms with Gasteiger partial charge in [-0.05, 0) is 53.9 Å². The molecule has 0 spiro atoms. The number of carbonyl (C=O) groups excluding carboxylic acids is 2. The number of halogens is 1. The molecule has 4 aromatic rings. The van der Waals surface area contributed by atoms with Gasteiger partial charge >= 0.3 is 0 Å². The molecule has 0 saturated heterocycles. The van der Waals surface area contributed by atoms with Crippen molar-refractivity contribution in [3.63, 3.8) is 0 Å². The second-order valence-corrected chi connectivity index (χ2v) is 10.9. The number of ether oxygens (including phenoxy) is 1. The van der Waals surface area contributed by atoms with Crippen LogP contribution in [0.3, 0.4) is 0 Å². The summed E-state index contributed by atoms with van der Waals surface area (Å²) in [6, 6.07) is 13.9. The lowest BCUT2D eigenvalue weighted by molar-refractivity contribution is 0.0731. The van der Waals surface area contributed by atoms with Crippen molar-refractivity contribution in [1.29, 1.82) is 0 Å². The molecule has 0 bridgehead atoms. The quantitative estimate of drug-likeness (QED) is 0.395. The first kappa shape index (κ1) is 24.6. The molecule has 1 N–H and O–H groups in total. The van der Waals surface area contributed by atoms with Gasteiger partial charge in [0.05, 0.1) is 17.6 Å². The third-order valence-corrected chi connectivity index (χ3v) is 7.58. The Morgan fingerprint density at radius 1 is 1.16 bits per heavy atom. The van der Waals surface area contributed by atoms with Gasteiger partial charge in [-0.15, -0.1) is 0 Å². The monoisotopic (exact) mass is 521 g/mol. The number of imidazole rings is 1. The lowest BCUT2D eigenvalue weighted by Crippen LogP contribution is -2.33. The number of carbonyl (C=O) groups is 2. The van der Waals surface area contributed by atoms with Crippen LogP contribution in [-0.4, -0.2) is 54.9 Å². The van der Waals surface area contributed by atoms with Crippen LogP contribution in [0.5, 0.6) is 5.75 Å². The first-order valence-corrected chi connectivity index (χ1v) is 13.6. The van der Waals surface area contributed by atoms with Crippen molar-refractivity contribution in [1.82, 2.24) is 14.9 Å². The van der Waals surface area contributed by atoms with E-state index < -0.39 is 26.5 Å². The minimum absolute atomic E-state index is 0.0783. The fraction of sp³-hybridized carbons (Fsp3) is 0.222. The van der Waals surface area contributed by atoms with Gasteiger partial charge < -0.3 is 14.6 Å². The minimum atomic E-state index is -3.77. The van der Waals surface area contributed by atoms with Crippen molar-refractivity contribution in [3.8, 4) is 16.9 Å². The van der Waals surface area contributed by atoms with Crippen molar-refractivity contribution in [2.24, 2.45) is 0 Å². The van der Waals surface area contributed by atoms with Gasteiger partial charge in [0.2, 0.25) is 0 Å². The van der Waals surface area contributed by atoms with Crippen molar-refractivity contribution in [2.45, 2.75) is 24.8 Å². The molecule has 0 fully saturated rings. The van der Waals surface area contributed by atoms with Crippen LogP contribution >= 0.6 is 0 Å². The van der Waals surface area contributed by atoms with Crippen LogP contribution in [0.4, 0.5) is 4.39 Å². The molecule has 5 rings (SSSR count). The number of H-pyrrole nitrogens is 1. The van der Waals surface area contributed by atoms with Gasteiger partial charge in [0, 0.05) is 29.5 Å². The molecule has 0 atom stereocenters. The number of aromatic amines is 1. The van der Waals surface area contributed by atoms with E-state index in [1.807, 2.05) is 36.4 Å². The molecular weight excluding hydrogens is 497 g/mol. The van der Waals surface area contributed by atoms with Crippen LogP contribution in [0.2, 0.25) is 0 Å². The Kier molecular flexibility index (Phi) is 6.28. The summed E-state index contributed by atoms with van der Waals surface area (Å²) in [7, 11) is -3.77.